The molecule has 7 nitrogen and oxygen atoms in total. The Morgan fingerprint density at radius 1 is 1.18 bits per heavy atom. The van der Waals surface area contributed by atoms with Crippen LogP contribution in [0.3, 0.4) is 0 Å². The Morgan fingerprint density at radius 2 is 1.96 bits per heavy atom. The Labute approximate surface area is 171 Å². The van der Waals surface area contributed by atoms with Crippen molar-refractivity contribution < 1.29 is 4.79 Å². The lowest BCUT2D eigenvalue weighted by molar-refractivity contribution is -0.117. The molecule has 28 heavy (non-hydrogen) atoms. The number of carbonyl (C=O) groups is 1. The van der Waals surface area contributed by atoms with Crippen molar-refractivity contribution in [3.05, 3.63) is 63.0 Å². The van der Waals surface area contributed by atoms with Crippen LogP contribution < -0.4 is 10.9 Å². The molecule has 2 aromatic heterocycles. The van der Waals surface area contributed by atoms with E-state index in [-0.39, 0.29) is 11.5 Å². The summed E-state index contributed by atoms with van der Waals surface area (Å²) in [5.74, 6) is -0.0476. The van der Waals surface area contributed by atoms with E-state index in [1.165, 1.54) is 11.3 Å². The molecule has 0 spiro atoms. The van der Waals surface area contributed by atoms with Gasteiger partial charge in [-0.1, -0.05) is 17.7 Å². The van der Waals surface area contributed by atoms with Crippen LogP contribution in [0.1, 0.15) is 5.69 Å². The van der Waals surface area contributed by atoms with Gasteiger partial charge in [0.15, 0.2) is 4.96 Å². The lowest BCUT2D eigenvalue weighted by Crippen LogP contribution is -2.48. The molecule has 1 N–H and O–H groups in total. The SMILES string of the molecule is O=C(CN1CCN(Cc2cc(=O)n3ccsc3n2)CC1)Nc1cccc(Cl)c1. The molecule has 0 aliphatic carbocycles. The van der Waals surface area contributed by atoms with Crippen LogP contribution in [0, 0.1) is 0 Å². The zero-order valence-corrected chi connectivity index (χ0v) is 16.7. The topological polar surface area (TPSA) is 70.0 Å². The number of halogens is 1. The normalized spacial score (nSPS) is 15.8. The zero-order valence-electron chi connectivity index (χ0n) is 15.2. The minimum absolute atomic E-state index is 0.0439. The maximum Gasteiger partial charge on any atom is 0.258 e. The molecule has 0 atom stereocenters. The van der Waals surface area contributed by atoms with Crippen LogP contribution in [0.15, 0.2) is 46.7 Å². The molecule has 1 aliphatic heterocycles. The summed E-state index contributed by atoms with van der Waals surface area (Å²) in [4.78, 5) is 34.0. The van der Waals surface area contributed by atoms with Crippen molar-refractivity contribution in [3.8, 4) is 0 Å². The van der Waals surface area contributed by atoms with Gasteiger partial charge >= 0.3 is 0 Å². The van der Waals surface area contributed by atoms with E-state index < -0.39 is 0 Å². The quantitative estimate of drug-likeness (QED) is 0.689. The van der Waals surface area contributed by atoms with Crippen LogP contribution in [0.25, 0.3) is 4.96 Å². The molecule has 4 rings (SSSR count). The molecular formula is C19H20ClN5O2S. The van der Waals surface area contributed by atoms with Gasteiger partial charge in [-0.15, -0.1) is 11.3 Å². The monoisotopic (exact) mass is 417 g/mol. The van der Waals surface area contributed by atoms with Crippen molar-refractivity contribution in [2.75, 3.05) is 38.0 Å². The van der Waals surface area contributed by atoms with E-state index in [0.29, 0.717) is 23.8 Å². The summed E-state index contributed by atoms with van der Waals surface area (Å²) in [7, 11) is 0. The second-order valence-electron chi connectivity index (χ2n) is 6.75. The summed E-state index contributed by atoms with van der Waals surface area (Å²) in [6.07, 6.45) is 1.74. The first-order valence-electron chi connectivity index (χ1n) is 9.03. The number of thiazole rings is 1. The molecule has 1 aromatic carbocycles. The Hall–Kier alpha value is -2.26. The number of fused-ring (bicyclic) bond motifs is 1. The van der Waals surface area contributed by atoms with E-state index in [2.05, 4.69) is 20.1 Å². The van der Waals surface area contributed by atoms with Crippen molar-refractivity contribution in [1.29, 1.82) is 0 Å². The van der Waals surface area contributed by atoms with Gasteiger partial charge in [-0.05, 0) is 18.2 Å². The third kappa shape index (κ3) is 4.59. The van der Waals surface area contributed by atoms with Gasteiger partial charge in [-0.2, -0.15) is 0 Å². The molecule has 1 aliphatic rings. The third-order valence-electron chi connectivity index (χ3n) is 4.68. The lowest BCUT2D eigenvalue weighted by atomic mass is 10.2. The second-order valence-corrected chi connectivity index (χ2v) is 8.06. The predicted octanol–water partition coefficient (Wildman–Crippen LogP) is 2.17. The van der Waals surface area contributed by atoms with Crippen molar-refractivity contribution in [2.45, 2.75) is 6.54 Å². The Bertz CT molecular complexity index is 1040. The van der Waals surface area contributed by atoms with E-state index in [9.17, 15) is 9.59 Å². The summed E-state index contributed by atoms with van der Waals surface area (Å²) in [5, 5.41) is 5.34. The maximum absolute atomic E-state index is 12.2. The first-order valence-corrected chi connectivity index (χ1v) is 10.3. The van der Waals surface area contributed by atoms with Crippen LogP contribution in [-0.2, 0) is 11.3 Å². The van der Waals surface area contributed by atoms with Crippen LogP contribution in [0.4, 0.5) is 5.69 Å². The third-order valence-corrected chi connectivity index (χ3v) is 5.67. The highest BCUT2D eigenvalue weighted by molar-refractivity contribution is 7.15. The summed E-state index contributed by atoms with van der Waals surface area (Å²) in [5.41, 5.74) is 1.45. The summed E-state index contributed by atoms with van der Waals surface area (Å²) < 4.78 is 1.56. The lowest BCUT2D eigenvalue weighted by Gasteiger charge is -2.34. The smallest absolute Gasteiger partial charge is 0.258 e. The van der Waals surface area contributed by atoms with Crippen molar-refractivity contribution >= 4 is 39.5 Å². The molecule has 0 radical (unpaired) electrons. The highest BCUT2D eigenvalue weighted by Gasteiger charge is 2.20. The van der Waals surface area contributed by atoms with E-state index in [1.807, 2.05) is 17.5 Å². The number of rotatable bonds is 5. The van der Waals surface area contributed by atoms with Crippen LogP contribution in [-0.4, -0.2) is 57.8 Å². The largest absolute Gasteiger partial charge is 0.325 e. The fourth-order valence-electron chi connectivity index (χ4n) is 3.27. The number of carbonyl (C=O) groups excluding carboxylic acids is 1. The minimum Gasteiger partial charge on any atom is -0.325 e. The average molecular weight is 418 g/mol. The fourth-order valence-corrected chi connectivity index (χ4v) is 4.20. The van der Waals surface area contributed by atoms with Crippen LogP contribution in [0.2, 0.25) is 5.02 Å². The number of nitrogens with one attached hydrogen (secondary N) is 1. The van der Waals surface area contributed by atoms with Crippen molar-refractivity contribution in [2.24, 2.45) is 0 Å². The second kappa shape index (κ2) is 8.40. The number of hydrogen-bond donors (Lipinski definition) is 1. The Balaban J connectivity index is 1.28. The number of nitrogens with zero attached hydrogens (tertiary/aromatic N) is 4. The number of benzene rings is 1. The summed E-state index contributed by atoms with van der Waals surface area (Å²) >= 11 is 7.40. The van der Waals surface area contributed by atoms with Gasteiger partial charge in [0.1, 0.15) is 0 Å². The molecule has 0 saturated carbocycles. The van der Waals surface area contributed by atoms with Gasteiger partial charge in [0, 0.05) is 61.1 Å². The van der Waals surface area contributed by atoms with Gasteiger partial charge in [-0.25, -0.2) is 4.98 Å². The van der Waals surface area contributed by atoms with Gasteiger partial charge in [0.05, 0.1) is 12.2 Å². The molecule has 9 heteroatoms. The zero-order chi connectivity index (χ0) is 19.5. The molecule has 3 aromatic rings. The first kappa shape index (κ1) is 19.1. The molecule has 1 saturated heterocycles. The van der Waals surface area contributed by atoms with E-state index in [0.717, 1.165) is 36.8 Å². The number of anilines is 1. The highest BCUT2D eigenvalue weighted by Crippen LogP contribution is 2.15. The standard InChI is InChI=1S/C19H20ClN5O2S/c20-14-2-1-3-15(10-14)21-17(26)13-24-6-4-23(5-7-24)12-16-11-18(27)25-8-9-28-19(25)22-16/h1-3,8-11H,4-7,12-13H2,(H,21,26). The molecule has 0 bridgehead atoms. The first-order chi connectivity index (χ1) is 13.6. The predicted molar refractivity (Wildman–Crippen MR) is 111 cm³/mol. The minimum atomic E-state index is -0.0476. The summed E-state index contributed by atoms with van der Waals surface area (Å²) in [6, 6.07) is 8.74. The maximum atomic E-state index is 12.2. The number of amides is 1. The van der Waals surface area contributed by atoms with Gasteiger partial charge in [0.25, 0.3) is 5.56 Å². The van der Waals surface area contributed by atoms with Crippen molar-refractivity contribution in [3.63, 3.8) is 0 Å². The van der Waals surface area contributed by atoms with E-state index in [1.54, 1.807) is 28.8 Å². The fraction of sp³-hybridized carbons (Fsp3) is 0.316. The van der Waals surface area contributed by atoms with Crippen LogP contribution in [0.5, 0.6) is 0 Å². The van der Waals surface area contributed by atoms with E-state index in [4.69, 9.17) is 11.6 Å². The molecule has 1 fully saturated rings. The Morgan fingerprint density at radius 3 is 2.75 bits per heavy atom. The van der Waals surface area contributed by atoms with Crippen molar-refractivity contribution in [1.82, 2.24) is 19.2 Å². The number of piperazine rings is 1. The van der Waals surface area contributed by atoms with Crippen LogP contribution >= 0.6 is 22.9 Å². The molecule has 3 heterocycles. The molecule has 1 amide bonds. The Kier molecular flexibility index (Phi) is 5.72. The number of aromatic nitrogens is 2. The van der Waals surface area contributed by atoms with Gasteiger partial charge in [0.2, 0.25) is 5.91 Å². The molecule has 0 unspecified atom stereocenters. The van der Waals surface area contributed by atoms with E-state index >= 15 is 0 Å². The molecule has 146 valence electrons. The molecular weight excluding hydrogens is 398 g/mol. The summed E-state index contributed by atoms with van der Waals surface area (Å²) in [6.45, 7) is 4.24. The van der Waals surface area contributed by atoms with Gasteiger partial charge in [-0.3, -0.25) is 23.8 Å². The number of hydrogen-bond acceptors (Lipinski definition) is 6. The highest BCUT2D eigenvalue weighted by atomic mass is 35.5. The average Bonchev–Trinajstić information content (AvgIpc) is 3.12. The van der Waals surface area contributed by atoms with Gasteiger partial charge < -0.3 is 5.32 Å².